The number of carbonyl (C=O) groups is 1. The van der Waals surface area contributed by atoms with Gasteiger partial charge in [0.25, 0.3) is 0 Å². The average molecular weight is 252 g/mol. The van der Waals surface area contributed by atoms with Crippen molar-refractivity contribution in [2.45, 2.75) is 6.42 Å². The molecular formula is C13H20N2O3. The normalized spacial score (nSPS) is 9.78. The molecule has 1 aromatic carbocycles. The van der Waals surface area contributed by atoms with Crippen molar-refractivity contribution in [3.05, 3.63) is 23.8 Å². The number of ether oxygens (including phenoxy) is 2. The Balaban J connectivity index is 2.55. The summed E-state index contributed by atoms with van der Waals surface area (Å²) in [4.78, 5) is 12.8. The van der Waals surface area contributed by atoms with Crippen LogP contribution in [0.25, 0.3) is 0 Å². The lowest BCUT2D eigenvalue weighted by Gasteiger charge is -2.12. The van der Waals surface area contributed by atoms with Crippen molar-refractivity contribution < 1.29 is 14.3 Å². The number of nitrogens with zero attached hydrogens (tertiary/aromatic N) is 1. The second kappa shape index (κ2) is 6.74. The van der Waals surface area contributed by atoms with Gasteiger partial charge in [0.1, 0.15) is 0 Å². The summed E-state index contributed by atoms with van der Waals surface area (Å²) in [5.41, 5.74) is 1.09. The molecule has 1 N–H and O–H groups in total. The maximum atomic E-state index is 11.3. The Hall–Kier alpha value is -1.91. The van der Waals surface area contributed by atoms with E-state index in [1.54, 1.807) is 28.3 Å². The van der Waals surface area contributed by atoms with Gasteiger partial charge in [-0.1, -0.05) is 6.07 Å². The SMILES string of the molecule is COc1ccc(CCNC(=O)N(C)C)cc1OC. The molecule has 100 valence electrons. The third kappa shape index (κ3) is 3.84. The van der Waals surface area contributed by atoms with E-state index in [1.165, 1.54) is 4.90 Å². The standard InChI is InChI=1S/C13H20N2O3/c1-15(2)13(16)14-8-7-10-5-6-11(17-3)12(9-10)18-4/h5-6,9H,7-8H2,1-4H3,(H,14,16). The van der Waals surface area contributed by atoms with Crippen LogP contribution in [-0.4, -0.2) is 45.8 Å². The van der Waals surface area contributed by atoms with E-state index in [4.69, 9.17) is 9.47 Å². The summed E-state index contributed by atoms with van der Waals surface area (Å²) in [5, 5.41) is 2.81. The molecule has 0 fully saturated rings. The van der Waals surface area contributed by atoms with Crippen molar-refractivity contribution in [1.82, 2.24) is 10.2 Å². The highest BCUT2D eigenvalue weighted by atomic mass is 16.5. The fraction of sp³-hybridized carbons (Fsp3) is 0.462. The van der Waals surface area contributed by atoms with Gasteiger partial charge in [-0.25, -0.2) is 4.79 Å². The van der Waals surface area contributed by atoms with Gasteiger partial charge in [-0.2, -0.15) is 0 Å². The van der Waals surface area contributed by atoms with E-state index in [-0.39, 0.29) is 6.03 Å². The van der Waals surface area contributed by atoms with Crippen LogP contribution in [0.2, 0.25) is 0 Å². The van der Waals surface area contributed by atoms with Crippen LogP contribution < -0.4 is 14.8 Å². The first-order valence-electron chi connectivity index (χ1n) is 5.74. The molecule has 18 heavy (non-hydrogen) atoms. The predicted molar refractivity (Wildman–Crippen MR) is 70.3 cm³/mol. The number of hydrogen-bond acceptors (Lipinski definition) is 3. The molecule has 0 aliphatic carbocycles. The molecule has 5 heteroatoms. The highest BCUT2D eigenvalue weighted by Gasteiger charge is 2.05. The Morgan fingerprint density at radius 2 is 1.89 bits per heavy atom. The van der Waals surface area contributed by atoms with Crippen LogP contribution in [0.4, 0.5) is 4.79 Å². The summed E-state index contributed by atoms with van der Waals surface area (Å²) >= 11 is 0. The van der Waals surface area contributed by atoms with Crippen molar-refractivity contribution >= 4 is 6.03 Å². The lowest BCUT2D eigenvalue weighted by atomic mass is 10.1. The fourth-order valence-electron chi connectivity index (χ4n) is 1.51. The molecule has 0 aromatic heterocycles. The van der Waals surface area contributed by atoms with Crippen molar-refractivity contribution in [3.63, 3.8) is 0 Å². The van der Waals surface area contributed by atoms with Crippen molar-refractivity contribution in [3.8, 4) is 11.5 Å². The Bertz CT molecular complexity index is 405. The van der Waals surface area contributed by atoms with E-state index in [2.05, 4.69) is 5.32 Å². The summed E-state index contributed by atoms with van der Waals surface area (Å²) in [6.07, 6.45) is 0.750. The second-order valence-corrected chi connectivity index (χ2v) is 4.07. The average Bonchev–Trinajstić information content (AvgIpc) is 2.38. The Kier molecular flexibility index (Phi) is 5.30. The van der Waals surface area contributed by atoms with E-state index in [9.17, 15) is 4.79 Å². The molecule has 0 atom stereocenters. The van der Waals surface area contributed by atoms with Gasteiger partial charge < -0.3 is 19.7 Å². The smallest absolute Gasteiger partial charge is 0.316 e. The fourth-order valence-corrected chi connectivity index (χ4v) is 1.51. The summed E-state index contributed by atoms with van der Waals surface area (Å²) in [5.74, 6) is 1.41. The van der Waals surface area contributed by atoms with Crippen molar-refractivity contribution in [2.24, 2.45) is 0 Å². The quantitative estimate of drug-likeness (QED) is 0.864. The molecule has 0 aliphatic rings. The van der Waals surface area contributed by atoms with Gasteiger partial charge in [-0.3, -0.25) is 0 Å². The van der Waals surface area contributed by atoms with Crippen LogP contribution in [-0.2, 0) is 6.42 Å². The van der Waals surface area contributed by atoms with E-state index >= 15 is 0 Å². The number of carbonyl (C=O) groups excluding carboxylic acids is 1. The number of amides is 2. The molecule has 0 heterocycles. The van der Waals surface area contributed by atoms with E-state index in [1.807, 2.05) is 18.2 Å². The third-order valence-electron chi connectivity index (χ3n) is 2.54. The zero-order chi connectivity index (χ0) is 13.5. The predicted octanol–water partition coefficient (Wildman–Crippen LogP) is 1.52. The van der Waals surface area contributed by atoms with Gasteiger partial charge in [-0.15, -0.1) is 0 Å². The monoisotopic (exact) mass is 252 g/mol. The lowest BCUT2D eigenvalue weighted by Crippen LogP contribution is -2.35. The number of nitrogens with one attached hydrogen (secondary N) is 1. The van der Waals surface area contributed by atoms with Crippen molar-refractivity contribution in [2.75, 3.05) is 34.9 Å². The molecular weight excluding hydrogens is 232 g/mol. The zero-order valence-corrected chi connectivity index (χ0v) is 11.3. The number of benzene rings is 1. The molecule has 0 saturated carbocycles. The molecule has 0 aliphatic heterocycles. The van der Waals surface area contributed by atoms with E-state index < -0.39 is 0 Å². The van der Waals surface area contributed by atoms with Crippen LogP contribution in [0, 0.1) is 0 Å². The molecule has 2 amide bonds. The number of rotatable bonds is 5. The minimum absolute atomic E-state index is 0.0875. The molecule has 0 radical (unpaired) electrons. The highest BCUT2D eigenvalue weighted by Crippen LogP contribution is 2.27. The number of hydrogen-bond donors (Lipinski definition) is 1. The van der Waals surface area contributed by atoms with Crippen LogP contribution in [0.5, 0.6) is 11.5 Å². The Morgan fingerprint density at radius 3 is 2.44 bits per heavy atom. The first kappa shape index (κ1) is 14.2. The van der Waals surface area contributed by atoms with Crippen LogP contribution in [0.1, 0.15) is 5.56 Å². The molecule has 0 spiro atoms. The number of methoxy groups -OCH3 is 2. The second-order valence-electron chi connectivity index (χ2n) is 4.07. The van der Waals surface area contributed by atoms with Crippen molar-refractivity contribution in [1.29, 1.82) is 0 Å². The maximum absolute atomic E-state index is 11.3. The zero-order valence-electron chi connectivity index (χ0n) is 11.3. The molecule has 5 nitrogen and oxygen atoms in total. The van der Waals surface area contributed by atoms with Crippen LogP contribution >= 0.6 is 0 Å². The molecule has 0 unspecified atom stereocenters. The molecule has 0 saturated heterocycles. The van der Waals surface area contributed by atoms with Gasteiger partial charge in [0, 0.05) is 20.6 Å². The highest BCUT2D eigenvalue weighted by molar-refractivity contribution is 5.73. The van der Waals surface area contributed by atoms with Crippen LogP contribution in [0.15, 0.2) is 18.2 Å². The van der Waals surface area contributed by atoms with Crippen LogP contribution in [0.3, 0.4) is 0 Å². The summed E-state index contributed by atoms with van der Waals surface area (Å²) < 4.78 is 10.4. The minimum Gasteiger partial charge on any atom is -0.493 e. The van der Waals surface area contributed by atoms with Gasteiger partial charge in [0.05, 0.1) is 14.2 Å². The van der Waals surface area contributed by atoms with Gasteiger partial charge >= 0.3 is 6.03 Å². The topological polar surface area (TPSA) is 50.8 Å². The van der Waals surface area contributed by atoms with Gasteiger partial charge in [0.15, 0.2) is 11.5 Å². The molecule has 1 aromatic rings. The van der Waals surface area contributed by atoms with E-state index in [0.29, 0.717) is 18.0 Å². The third-order valence-corrected chi connectivity index (χ3v) is 2.54. The first-order chi connectivity index (χ1) is 8.58. The lowest BCUT2D eigenvalue weighted by molar-refractivity contribution is 0.217. The minimum atomic E-state index is -0.0875. The molecule has 0 bridgehead atoms. The van der Waals surface area contributed by atoms with E-state index in [0.717, 1.165) is 12.0 Å². The Morgan fingerprint density at radius 1 is 1.22 bits per heavy atom. The van der Waals surface area contributed by atoms with Gasteiger partial charge in [0.2, 0.25) is 0 Å². The summed E-state index contributed by atoms with van der Waals surface area (Å²) in [7, 11) is 6.64. The largest absolute Gasteiger partial charge is 0.493 e. The summed E-state index contributed by atoms with van der Waals surface area (Å²) in [6, 6.07) is 5.65. The maximum Gasteiger partial charge on any atom is 0.316 e. The number of urea groups is 1. The molecule has 1 rings (SSSR count). The Labute approximate surface area is 108 Å². The first-order valence-corrected chi connectivity index (χ1v) is 5.74. The van der Waals surface area contributed by atoms with Gasteiger partial charge in [-0.05, 0) is 24.1 Å². The summed E-state index contributed by atoms with van der Waals surface area (Å²) in [6.45, 7) is 0.590.